The van der Waals surface area contributed by atoms with Gasteiger partial charge in [-0.05, 0) is 20.2 Å². The molecule has 0 radical (unpaired) electrons. The number of nitrogens with two attached hydrogens (primary N) is 1. The Bertz CT molecular complexity index is 564. The summed E-state index contributed by atoms with van der Waals surface area (Å²) in [4.78, 5) is 15.4. The molecule has 2 heterocycles. The minimum atomic E-state index is -2.22. The number of aromatic nitrogens is 2. The Morgan fingerprint density at radius 2 is 2.38 bits per heavy atom. The van der Waals surface area contributed by atoms with Crippen LogP contribution in [0.25, 0.3) is 0 Å². The van der Waals surface area contributed by atoms with Gasteiger partial charge in [-0.15, -0.1) is 0 Å². The molecule has 1 aromatic heterocycles. The third-order valence-electron chi connectivity index (χ3n) is 2.96. The summed E-state index contributed by atoms with van der Waals surface area (Å²) in [5, 5.41) is 3.15. The maximum atomic E-state index is 11.8. The molecule has 0 spiro atoms. The van der Waals surface area contributed by atoms with Gasteiger partial charge in [0.2, 0.25) is 0 Å². The Morgan fingerprint density at radius 1 is 1.62 bits per heavy atom. The summed E-state index contributed by atoms with van der Waals surface area (Å²) in [6.07, 6.45) is 0.764. The standard InChI is InChI=1S/C11H20N5O4P/c1-15(2)21(18)19-7-8-5-13-6-10(20-8)16-4-3-9(12)14-11(16)17/h3-4,8,10,13,21H,5-7H2,1-2H3,(H2,12,14,17). The van der Waals surface area contributed by atoms with Crippen molar-refractivity contribution < 1.29 is 13.8 Å². The molecule has 1 aliphatic heterocycles. The summed E-state index contributed by atoms with van der Waals surface area (Å²) in [5.74, 6) is 0.171. The molecule has 3 atom stereocenters. The van der Waals surface area contributed by atoms with Crippen molar-refractivity contribution in [3.05, 3.63) is 22.7 Å². The van der Waals surface area contributed by atoms with Gasteiger partial charge in [0.25, 0.3) is 8.18 Å². The molecule has 1 fully saturated rings. The fraction of sp³-hybridized carbons (Fsp3) is 0.636. The normalized spacial score (nSPS) is 24.1. The Labute approximate surface area is 123 Å². The van der Waals surface area contributed by atoms with Gasteiger partial charge in [-0.25, -0.2) is 9.46 Å². The lowest BCUT2D eigenvalue weighted by molar-refractivity contribution is -0.0928. The second-order valence-corrected chi connectivity index (χ2v) is 6.60. The molecule has 0 bridgehead atoms. The molecule has 0 aromatic carbocycles. The Balaban J connectivity index is 1.97. The molecule has 0 amide bonds. The van der Waals surface area contributed by atoms with Crippen molar-refractivity contribution in [2.45, 2.75) is 12.3 Å². The third-order valence-corrected chi connectivity index (χ3v) is 4.10. The van der Waals surface area contributed by atoms with E-state index in [1.165, 1.54) is 15.3 Å². The van der Waals surface area contributed by atoms with Crippen LogP contribution in [-0.4, -0.2) is 54.1 Å². The van der Waals surface area contributed by atoms with Crippen molar-refractivity contribution in [3.8, 4) is 0 Å². The first kappa shape index (κ1) is 16.1. The number of nitrogens with zero attached hydrogens (tertiary/aromatic N) is 3. The van der Waals surface area contributed by atoms with E-state index >= 15 is 0 Å². The summed E-state index contributed by atoms with van der Waals surface area (Å²) in [5.41, 5.74) is 4.99. The first-order chi connectivity index (χ1) is 9.97. The number of morpholine rings is 1. The molecule has 3 N–H and O–H groups in total. The fourth-order valence-electron chi connectivity index (χ4n) is 1.89. The lowest BCUT2D eigenvalue weighted by Crippen LogP contribution is -2.46. The van der Waals surface area contributed by atoms with Gasteiger partial charge in [-0.3, -0.25) is 9.13 Å². The average Bonchev–Trinajstić information content (AvgIpc) is 2.45. The summed E-state index contributed by atoms with van der Waals surface area (Å²) >= 11 is 0. The molecule has 3 unspecified atom stereocenters. The predicted molar refractivity (Wildman–Crippen MR) is 78.3 cm³/mol. The number of anilines is 1. The molecule has 1 saturated heterocycles. The number of nitrogens with one attached hydrogen (secondary N) is 1. The maximum Gasteiger partial charge on any atom is 0.351 e. The lowest BCUT2D eigenvalue weighted by atomic mass is 10.3. The van der Waals surface area contributed by atoms with Crippen LogP contribution < -0.4 is 16.7 Å². The average molecular weight is 317 g/mol. The molecule has 0 aliphatic carbocycles. The molecule has 21 heavy (non-hydrogen) atoms. The van der Waals surface area contributed by atoms with Gasteiger partial charge < -0.3 is 20.3 Å². The van der Waals surface area contributed by atoms with Crippen LogP contribution in [-0.2, 0) is 13.8 Å². The number of hydrogen-bond acceptors (Lipinski definition) is 7. The van der Waals surface area contributed by atoms with E-state index in [1.54, 1.807) is 20.3 Å². The van der Waals surface area contributed by atoms with Crippen molar-refractivity contribution in [3.63, 3.8) is 0 Å². The smallest absolute Gasteiger partial charge is 0.351 e. The molecular weight excluding hydrogens is 297 g/mol. The van der Waals surface area contributed by atoms with Crippen LogP contribution in [0.4, 0.5) is 5.82 Å². The summed E-state index contributed by atoms with van der Waals surface area (Å²) < 4.78 is 25.5. The second-order valence-electron chi connectivity index (χ2n) is 4.88. The Kier molecular flexibility index (Phi) is 5.49. The summed E-state index contributed by atoms with van der Waals surface area (Å²) in [7, 11) is 1.15. The van der Waals surface area contributed by atoms with Crippen LogP contribution in [0.3, 0.4) is 0 Å². The van der Waals surface area contributed by atoms with Gasteiger partial charge in [0.15, 0.2) is 6.23 Å². The Hall–Kier alpha value is -1.25. The zero-order valence-corrected chi connectivity index (χ0v) is 13.0. The van der Waals surface area contributed by atoms with Gasteiger partial charge in [-0.1, -0.05) is 0 Å². The van der Waals surface area contributed by atoms with Crippen LogP contribution >= 0.6 is 8.18 Å². The molecule has 118 valence electrons. The van der Waals surface area contributed by atoms with Crippen LogP contribution in [0.2, 0.25) is 0 Å². The zero-order valence-electron chi connectivity index (χ0n) is 12.0. The van der Waals surface area contributed by atoms with E-state index in [0.717, 1.165) is 0 Å². The minimum absolute atomic E-state index is 0.171. The summed E-state index contributed by atoms with van der Waals surface area (Å²) in [6.45, 7) is 1.23. The zero-order chi connectivity index (χ0) is 15.4. The number of ether oxygens (including phenoxy) is 1. The van der Waals surface area contributed by atoms with E-state index in [9.17, 15) is 9.36 Å². The highest BCUT2D eigenvalue weighted by molar-refractivity contribution is 7.36. The Morgan fingerprint density at radius 3 is 3.05 bits per heavy atom. The van der Waals surface area contributed by atoms with Crippen molar-refractivity contribution >= 4 is 14.0 Å². The highest BCUT2D eigenvalue weighted by Gasteiger charge is 2.25. The molecule has 10 heteroatoms. The fourth-order valence-corrected chi connectivity index (χ4v) is 2.47. The van der Waals surface area contributed by atoms with E-state index in [1.807, 2.05) is 0 Å². The molecule has 1 aliphatic rings. The van der Waals surface area contributed by atoms with Crippen LogP contribution in [0.5, 0.6) is 0 Å². The molecule has 9 nitrogen and oxygen atoms in total. The molecule has 0 saturated carbocycles. The van der Waals surface area contributed by atoms with Crippen molar-refractivity contribution in [2.24, 2.45) is 0 Å². The topological polar surface area (TPSA) is 112 Å². The number of nitrogen functional groups attached to an aromatic ring is 1. The van der Waals surface area contributed by atoms with Crippen LogP contribution in [0.1, 0.15) is 6.23 Å². The van der Waals surface area contributed by atoms with Gasteiger partial charge in [-0.2, -0.15) is 4.98 Å². The van der Waals surface area contributed by atoms with E-state index in [2.05, 4.69) is 10.3 Å². The second kappa shape index (κ2) is 7.15. The van der Waals surface area contributed by atoms with E-state index < -0.39 is 20.1 Å². The number of rotatable bonds is 5. The van der Waals surface area contributed by atoms with Crippen molar-refractivity contribution in [1.29, 1.82) is 0 Å². The van der Waals surface area contributed by atoms with Gasteiger partial charge in [0.1, 0.15) is 5.82 Å². The molecule has 2 rings (SSSR count). The monoisotopic (exact) mass is 317 g/mol. The summed E-state index contributed by atoms with van der Waals surface area (Å²) in [6, 6.07) is 1.54. The third kappa shape index (κ3) is 4.36. The lowest BCUT2D eigenvalue weighted by Gasteiger charge is -2.31. The van der Waals surface area contributed by atoms with E-state index in [4.69, 9.17) is 15.0 Å². The van der Waals surface area contributed by atoms with Crippen LogP contribution in [0.15, 0.2) is 17.1 Å². The minimum Gasteiger partial charge on any atom is -0.383 e. The first-order valence-corrected chi connectivity index (χ1v) is 7.78. The van der Waals surface area contributed by atoms with E-state index in [-0.39, 0.29) is 18.5 Å². The van der Waals surface area contributed by atoms with Crippen molar-refractivity contribution in [2.75, 3.05) is 39.5 Å². The van der Waals surface area contributed by atoms with Crippen LogP contribution in [0, 0.1) is 0 Å². The largest absolute Gasteiger partial charge is 0.383 e. The molecule has 1 aromatic rings. The van der Waals surface area contributed by atoms with Gasteiger partial charge >= 0.3 is 5.69 Å². The molecular formula is C11H20N5O4P. The van der Waals surface area contributed by atoms with E-state index in [0.29, 0.717) is 13.1 Å². The SMILES string of the molecule is CN(C)[PH](=O)OCC1CNCC(n2ccc(N)nc2=O)O1. The quantitative estimate of drug-likeness (QED) is 0.684. The maximum absolute atomic E-state index is 11.8. The van der Waals surface area contributed by atoms with Gasteiger partial charge in [0.05, 0.1) is 12.7 Å². The van der Waals surface area contributed by atoms with Crippen molar-refractivity contribution in [1.82, 2.24) is 19.5 Å². The number of hydrogen-bond donors (Lipinski definition) is 2. The highest BCUT2D eigenvalue weighted by atomic mass is 31.1. The highest BCUT2D eigenvalue weighted by Crippen LogP contribution is 2.25. The first-order valence-electron chi connectivity index (χ1n) is 6.52. The predicted octanol–water partition coefficient (Wildman–Crippen LogP) is -0.720. The van der Waals surface area contributed by atoms with Gasteiger partial charge in [0, 0.05) is 19.3 Å².